The molecule has 4 aliphatic carbocycles. The first-order valence-electron chi connectivity index (χ1n) is 12.8. The molecule has 0 amide bonds. The molecule has 4 aliphatic rings. The summed E-state index contributed by atoms with van der Waals surface area (Å²) in [5.41, 5.74) is 1.73. The molecule has 30 heavy (non-hydrogen) atoms. The fourth-order valence-electron chi connectivity index (χ4n) is 8.21. The van der Waals surface area contributed by atoms with Gasteiger partial charge in [-0.15, -0.1) is 0 Å². The van der Waals surface area contributed by atoms with Gasteiger partial charge in [0, 0.05) is 0 Å². The molecule has 0 bridgehead atoms. The van der Waals surface area contributed by atoms with Crippen LogP contribution in [0, 0.1) is 52.3 Å². The van der Waals surface area contributed by atoms with Crippen molar-refractivity contribution in [2.75, 3.05) is 0 Å². The van der Waals surface area contributed by atoms with E-state index in [2.05, 4.69) is 59.8 Å². The summed E-state index contributed by atoms with van der Waals surface area (Å²) in [5.74, 6) is 4.34. The Hall–Kier alpha value is -0.600. The van der Waals surface area contributed by atoms with Gasteiger partial charge in [-0.2, -0.15) is 0 Å². The van der Waals surface area contributed by atoms with Gasteiger partial charge in [-0.05, 0) is 97.2 Å². The highest BCUT2D eigenvalue weighted by molar-refractivity contribution is 5.26. The highest BCUT2D eigenvalue weighted by Gasteiger charge is 2.62. The van der Waals surface area contributed by atoms with Crippen LogP contribution in [0.5, 0.6) is 0 Å². The molecule has 10 atom stereocenters. The largest absolute Gasteiger partial charge is 0.393 e. The third kappa shape index (κ3) is 3.45. The van der Waals surface area contributed by atoms with Crippen molar-refractivity contribution in [2.45, 2.75) is 98.7 Å². The van der Waals surface area contributed by atoms with Crippen LogP contribution in [0.3, 0.4) is 0 Å². The Balaban J connectivity index is 1.58. The number of rotatable bonds is 4. The van der Waals surface area contributed by atoms with Crippen molar-refractivity contribution in [3.8, 4) is 0 Å². The van der Waals surface area contributed by atoms with Crippen molar-refractivity contribution in [1.82, 2.24) is 0 Å². The first kappa shape index (κ1) is 22.6. The topological polar surface area (TPSA) is 40.5 Å². The van der Waals surface area contributed by atoms with Gasteiger partial charge in [0.1, 0.15) is 0 Å². The summed E-state index contributed by atoms with van der Waals surface area (Å²) in [6.45, 7) is 14.2. The summed E-state index contributed by atoms with van der Waals surface area (Å²) >= 11 is 0. The maximum atomic E-state index is 11.6. The zero-order valence-corrected chi connectivity index (χ0v) is 20.3. The van der Waals surface area contributed by atoms with E-state index >= 15 is 0 Å². The monoisotopic (exact) mass is 414 g/mol. The van der Waals surface area contributed by atoms with Gasteiger partial charge in [0.2, 0.25) is 0 Å². The highest BCUT2D eigenvalue weighted by Crippen LogP contribution is 2.67. The SMILES string of the molecule is CC(C)[C@@H](C)/C=C\[C@@H](C)[C@H]1CC[C@H]2[C@@H]3CC=C4C[C@@H](O)CC[C@]4(C)[C@H]3C[C@H](O)[C@]12C. The van der Waals surface area contributed by atoms with Gasteiger partial charge in [0.15, 0.2) is 0 Å². The molecule has 3 saturated carbocycles. The van der Waals surface area contributed by atoms with E-state index in [-0.39, 0.29) is 23.0 Å². The molecule has 0 aromatic carbocycles. The van der Waals surface area contributed by atoms with Crippen LogP contribution in [0.15, 0.2) is 23.8 Å². The molecule has 0 aromatic heterocycles. The first-order valence-corrected chi connectivity index (χ1v) is 12.8. The quantitative estimate of drug-likeness (QED) is 0.524. The molecule has 0 spiro atoms. The fourth-order valence-corrected chi connectivity index (χ4v) is 8.21. The van der Waals surface area contributed by atoms with E-state index < -0.39 is 0 Å². The number of aliphatic hydroxyl groups is 2. The standard InChI is InChI=1S/C28H46O2/c1-17(2)18(3)7-8-19(4)23-11-12-24-22-10-9-20-15-21(29)13-14-27(20,5)25(22)16-26(30)28(23,24)6/h7-9,17-19,21-26,29-30H,10-16H2,1-6H3/b8-7-/t18-,19+,21-,22-,23+,24-,25-,26-,27-,28+/m0/s1. The zero-order chi connectivity index (χ0) is 21.8. The molecule has 0 unspecified atom stereocenters. The Morgan fingerprint density at radius 3 is 2.43 bits per heavy atom. The maximum absolute atomic E-state index is 11.6. The van der Waals surface area contributed by atoms with Crippen LogP contribution in [-0.2, 0) is 0 Å². The fraction of sp³-hybridized carbons (Fsp3) is 0.857. The molecule has 3 fully saturated rings. The van der Waals surface area contributed by atoms with Crippen LogP contribution < -0.4 is 0 Å². The molecule has 0 heterocycles. The highest BCUT2D eigenvalue weighted by atomic mass is 16.3. The second-order valence-electron chi connectivity index (χ2n) is 12.3. The third-order valence-electron chi connectivity index (χ3n) is 10.7. The van der Waals surface area contributed by atoms with E-state index in [9.17, 15) is 10.2 Å². The van der Waals surface area contributed by atoms with E-state index in [0.717, 1.165) is 32.1 Å². The predicted molar refractivity (Wildman–Crippen MR) is 125 cm³/mol. The minimum absolute atomic E-state index is 0.0435. The lowest BCUT2D eigenvalue weighted by Crippen LogP contribution is -2.56. The van der Waals surface area contributed by atoms with E-state index in [4.69, 9.17) is 0 Å². The van der Waals surface area contributed by atoms with Crippen molar-refractivity contribution in [3.05, 3.63) is 23.8 Å². The zero-order valence-electron chi connectivity index (χ0n) is 20.3. The van der Waals surface area contributed by atoms with Crippen LogP contribution >= 0.6 is 0 Å². The molecule has 2 N–H and O–H groups in total. The Morgan fingerprint density at radius 1 is 1.00 bits per heavy atom. The number of hydrogen-bond acceptors (Lipinski definition) is 2. The molecule has 170 valence electrons. The Kier molecular flexibility index (Phi) is 6.08. The number of fused-ring (bicyclic) bond motifs is 5. The van der Waals surface area contributed by atoms with Crippen molar-refractivity contribution in [2.24, 2.45) is 52.3 Å². The van der Waals surface area contributed by atoms with Crippen molar-refractivity contribution >= 4 is 0 Å². The van der Waals surface area contributed by atoms with Crippen molar-refractivity contribution in [3.63, 3.8) is 0 Å². The van der Waals surface area contributed by atoms with Gasteiger partial charge >= 0.3 is 0 Å². The number of allylic oxidation sites excluding steroid dienone is 3. The minimum Gasteiger partial charge on any atom is -0.393 e. The second kappa shape index (κ2) is 8.07. The van der Waals surface area contributed by atoms with Crippen molar-refractivity contribution < 1.29 is 10.2 Å². The van der Waals surface area contributed by atoms with Gasteiger partial charge < -0.3 is 10.2 Å². The predicted octanol–water partition coefficient (Wildman–Crippen LogP) is 6.38. The van der Waals surface area contributed by atoms with E-state index in [1.54, 1.807) is 0 Å². The van der Waals surface area contributed by atoms with Crippen LogP contribution in [0.1, 0.15) is 86.5 Å². The maximum Gasteiger partial charge on any atom is 0.0602 e. The minimum atomic E-state index is -0.197. The van der Waals surface area contributed by atoms with Crippen LogP contribution in [-0.4, -0.2) is 22.4 Å². The van der Waals surface area contributed by atoms with Gasteiger partial charge in [-0.1, -0.05) is 65.3 Å². The summed E-state index contributed by atoms with van der Waals surface area (Å²) in [5, 5.41) is 21.9. The average molecular weight is 415 g/mol. The lowest BCUT2D eigenvalue weighted by Gasteiger charge is -2.60. The normalized spacial score (nSPS) is 48.1. The number of hydrogen-bond donors (Lipinski definition) is 2. The Bertz CT molecular complexity index is 693. The molecular weight excluding hydrogens is 368 g/mol. The van der Waals surface area contributed by atoms with Gasteiger partial charge in [0.25, 0.3) is 0 Å². The summed E-state index contributed by atoms with van der Waals surface area (Å²) in [7, 11) is 0. The lowest BCUT2D eigenvalue weighted by molar-refractivity contribution is -0.133. The van der Waals surface area contributed by atoms with Crippen LogP contribution in [0.2, 0.25) is 0 Å². The van der Waals surface area contributed by atoms with Crippen LogP contribution in [0.25, 0.3) is 0 Å². The molecule has 0 aromatic rings. The van der Waals surface area contributed by atoms with Crippen LogP contribution in [0.4, 0.5) is 0 Å². The first-order chi connectivity index (χ1) is 14.1. The average Bonchev–Trinajstić information content (AvgIpc) is 3.06. The molecule has 0 saturated heterocycles. The molecule has 4 rings (SSSR count). The Labute approximate surface area is 185 Å². The molecule has 2 heteroatoms. The lowest BCUT2D eigenvalue weighted by atomic mass is 9.46. The van der Waals surface area contributed by atoms with Gasteiger partial charge in [-0.25, -0.2) is 0 Å². The Morgan fingerprint density at radius 2 is 1.73 bits per heavy atom. The van der Waals surface area contributed by atoms with E-state index in [1.165, 1.54) is 18.4 Å². The molecule has 2 nitrogen and oxygen atoms in total. The van der Waals surface area contributed by atoms with Crippen molar-refractivity contribution in [1.29, 1.82) is 0 Å². The third-order valence-corrected chi connectivity index (χ3v) is 10.7. The van der Waals surface area contributed by atoms with E-state index in [1.807, 2.05) is 0 Å². The summed E-state index contributed by atoms with van der Waals surface area (Å²) in [6, 6.07) is 0. The second-order valence-corrected chi connectivity index (χ2v) is 12.3. The molecular formula is C28H46O2. The van der Waals surface area contributed by atoms with E-state index in [0.29, 0.717) is 41.4 Å². The summed E-state index contributed by atoms with van der Waals surface area (Å²) in [4.78, 5) is 0. The summed E-state index contributed by atoms with van der Waals surface area (Å²) in [6.07, 6.45) is 14.6. The smallest absolute Gasteiger partial charge is 0.0602 e. The van der Waals surface area contributed by atoms with Gasteiger partial charge in [0.05, 0.1) is 12.2 Å². The number of aliphatic hydroxyl groups excluding tert-OH is 2. The van der Waals surface area contributed by atoms with Gasteiger partial charge in [-0.3, -0.25) is 0 Å². The molecule has 0 radical (unpaired) electrons. The molecule has 0 aliphatic heterocycles. The summed E-state index contributed by atoms with van der Waals surface area (Å²) < 4.78 is 0.